The molecule has 0 aliphatic carbocycles. The molecule has 2 heterocycles. The monoisotopic (exact) mass is 217 g/mol. The Balaban J connectivity index is 1.95. The molecule has 2 amide bonds. The van der Waals surface area contributed by atoms with E-state index in [0.717, 1.165) is 5.69 Å². The van der Waals surface area contributed by atoms with E-state index in [4.69, 9.17) is 4.42 Å². The molecule has 82 valence electrons. The summed E-state index contributed by atoms with van der Waals surface area (Å²) < 4.78 is 4.97. The largest absolute Gasteiger partial charge is 0.449 e. The molecule has 0 saturated heterocycles. The number of aromatic nitrogens is 1. The van der Waals surface area contributed by atoms with Crippen molar-refractivity contribution in [2.45, 2.75) is 6.92 Å². The highest BCUT2D eigenvalue weighted by Gasteiger charge is 2.03. The zero-order valence-corrected chi connectivity index (χ0v) is 8.73. The quantitative estimate of drug-likeness (QED) is 0.812. The van der Waals surface area contributed by atoms with Crippen molar-refractivity contribution in [1.29, 1.82) is 0 Å². The summed E-state index contributed by atoms with van der Waals surface area (Å²) in [6.07, 6.45) is 3.08. The van der Waals surface area contributed by atoms with Crippen LogP contribution in [0.25, 0.3) is 0 Å². The van der Waals surface area contributed by atoms with Gasteiger partial charge in [0.1, 0.15) is 0 Å². The number of furan rings is 1. The summed E-state index contributed by atoms with van der Waals surface area (Å²) in [7, 11) is 0. The minimum Gasteiger partial charge on any atom is -0.449 e. The summed E-state index contributed by atoms with van der Waals surface area (Å²) in [5.41, 5.74) is 1.53. The normalized spacial score (nSPS) is 9.81. The summed E-state index contributed by atoms with van der Waals surface area (Å²) >= 11 is 0. The standard InChI is InChI=1S/C11H11N3O2/c1-8-4-5-9(7-12-8)13-11(15)14-10-3-2-6-16-10/h2-7H,1H3,(H2,13,14,15). The fourth-order valence-electron chi connectivity index (χ4n) is 1.17. The molecule has 0 aromatic carbocycles. The molecule has 0 bridgehead atoms. The van der Waals surface area contributed by atoms with Crippen LogP contribution in [0.4, 0.5) is 16.4 Å². The average molecular weight is 217 g/mol. The number of rotatable bonds is 2. The predicted octanol–water partition coefficient (Wildman–Crippen LogP) is 2.63. The number of carbonyl (C=O) groups is 1. The van der Waals surface area contributed by atoms with Crippen molar-refractivity contribution < 1.29 is 9.21 Å². The van der Waals surface area contributed by atoms with Crippen LogP contribution in [0.15, 0.2) is 41.1 Å². The summed E-state index contributed by atoms with van der Waals surface area (Å²) in [4.78, 5) is 15.5. The van der Waals surface area contributed by atoms with Gasteiger partial charge in [-0.25, -0.2) is 4.79 Å². The topological polar surface area (TPSA) is 67.2 Å². The number of hydrogen-bond donors (Lipinski definition) is 2. The lowest BCUT2D eigenvalue weighted by atomic mass is 10.3. The molecule has 5 heteroatoms. The van der Waals surface area contributed by atoms with Crippen LogP contribution in [0.5, 0.6) is 0 Å². The van der Waals surface area contributed by atoms with Gasteiger partial charge in [0.05, 0.1) is 18.1 Å². The van der Waals surface area contributed by atoms with Gasteiger partial charge in [-0.15, -0.1) is 0 Å². The van der Waals surface area contributed by atoms with Gasteiger partial charge in [0.2, 0.25) is 5.88 Å². The first kappa shape index (κ1) is 10.2. The summed E-state index contributed by atoms with van der Waals surface area (Å²) in [5, 5.41) is 5.18. The lowest BCUT2D eigenvalue weighted by molar-refractivity contribution is 0.261. The van der Waals surface area contributed by atoms with Gasteiger partial charge >= 0.3 is 6.03 Å². The number of anilines is 2. The van der Waals surface area contributed by atoms with Gasteiger partial charge in [0, 0.05) is 11.8 Å². The molecule has 0 aliphatic rings. The molecule has 0 saturated carbocycles. The smallest absolute Gasteiger partial charge is 0.326 e. The lowest BCUT2D eigenvalue weighted by Crippen LogP contribution is -2.19. The molecule has 0 aliphatic heterocycles. The van der Waals surface area contributed by atoms with Crippen LogP contribution in [0.1, 0.15) is 5.69 Å². The fraction of sp³-hybridized carbons (Fsp3) is 0.0909. The SMILES string of the molecule is Cc1ccc(NC(=O)Nc2ccco2)cn1. The van der Waals surface area contributed by atoms with Gasteiger partial charge in [0.25, 0.3) is 0 Å². The van der Waals surface area contributed by atoms with E-state index in [-0.39, 0.29) is 6.03 Å². The van der Waals surface area contributed by atoms with E-state index in [9.17, 15) is 4.79 Å². The predicted molar refractivity (Wildman–Crippen MR) is 60.3 cm³/mol. The van der Waals surface area contributed by atoms with Crippen LogP contribution in [-0.2, 0) is 0 Å². The molecule has 0 radical (unpaired) electrons. The minimum absolute atomic E-state index is 0.361. The van der Waals surface area contributed by atoms with Crippen molar-refractivity contribution >= 4 is 17.6 Å². The van der Waals surface area contributed by atoms with E-state index in [1.54, 1.807) is 24.4 Å². The molecule has 2 aromatic heterocycles. The maximum absolute atomic E-state index is 11.5. The molecule has 0 spiro atoms. The van der Waals surface area contributed by atoms with E-state index in [2.05, 4.69) is 15.6 Å². The Bertz CT molecular complexity index is 462. The van der Waals surface area contributed by atoms with Crippen LogP contribution >= 0.6 is 0 Å². The number of nitrogens with zero attached hydrogens (tertiary/aromatic N) is 1. The van der Waals surface area contributed by atoms with E-state index in [0.29, 0.717) is 11.6 Å². The highest BCUT2D eigenvalue weighted by atomic mass is 16.3. The van der Waals surface area contributed by atoms with Crippen molar-refractivity contribution in [3.05, 3.63) is 42.4 Å². The Kier molecular flexibility index (Phi) is 2.86. The molecule has 16 heavy (non-hydrogen) atoms. The van der Waals surface area contributed by atoms with E-state index in [1.807, 2.05) is 13.0 Å². The number of pyridine rings is 1. The molecule has 0 unspecified atom stereocenters. The second kappa shape index (κ2) is 4.48. The van der Waals surface area contributed by atoms with Crippen LogP contribution in [-0.4, -0.2) is 11.0 Å². The molecule has 2 N–H and O–H groups in total. The Hall–Kier alpha value is -2.30. The number of carbonyl (C=O) groups excluding carboxylic acids is 1. The molecular formula is C11H11N3O2. The van der Waals surface area contributed by atoms with E-state index >= 15 is 0 Å². The maximum atomic E-state index is 11.5. The summed E-state index contributed by atoms with van der Waals surface area (Å²) in [6, 6.07) is 6.60. The molecular weight excluding hydrogens is 206 g/mol. The fourth-order valence-corrected chi connectivity index (χ4v) is 1.17. The molecule has 5 nitrogen and oxygen atoms in total. The van der Waals surface area contributed by atoms with Gasteiger partial charge in [0.15, 0.2) is 0 Å². The van der Waals surface area contributed by atoms with Crippen molar-refractivity contribution in [2.75, 3.05) is 10.6 Å². The van der Waals surface area contributed by atoms with Gasteiger partial charge < -0.3 is 9.73 Å². The molecule has 0 atom stereocenters. The van der Waals surface area contributed by atoms with Crippen LogP contribution in [0.2, 0.25) is 0 Å². The first-order valence-electron chi connectivity index (χ1n) is 4.78. The van der Waals surface area contributed by atoms with Crippen molar-refractivity contribution in [1.82, 2.24) is 4.98 Å². The highest BCUT2D eigenvalue weighted by molar-refractivity contribution is 5.98. The second-order valence-corrected chi connectivity index (χ2v) is 3.24. The molecule has 2 rings (SSSR count). The third-order valence-corrected chi connectivity index (χ3v) is 1.93. The van der Waals surface area contributed by atoms with Crippen molar-refractivity contribution in [3.8, 4) is 0 Å². The van der Waals surface area contributed by atoms with Gasteiger partial charge in [-0.1, -0.05) is 0 Å². The van der Waals surface area contributed by atoms with Crippen molar-refractivity contribution in [3.63, 3.8) is 0 Å². The zero-order valence-electron chi connectivity index (χ0n) is 8.73. The van der Waals surface area contributed by atoms with Crippen LogP contribution in [0.3, 0.4) is 0 Å². The van der Waals surface area contributed by atoms with Crippen molar-refractivity contribution in [2.24, 2.45) is 0 Å². The van der Waals surface area contributed by atoms with Crippen LogP contribution in [0, 0.1) is 6.92 Å². The Labute approximate surface area is 92.5 Å². The molecule has 0 fully saturated rings. The summed E-state index contributed by atoms with van der Waals surface area (Å²) in [6.45, 7) is 1.88. The average Bonchev–Trinajstić information content (AvgIpc) is 2.74. The van der Waals surface area contributed by atoms with Gasteiger partial charge in [-0.2, -0.15) is 0 Å². The Morgan fingerprint density at radius 2 is 2.19 bits per heavy atom. The van der Waals surface area contributed by atoms with E-state index in [1.165, 1.54) is 6.26 Å². The third kappa shape index (κ3) is 2.60. The Morgan fingerprint density at radius 3 is 2.81 bits per heavy atom. The van der Waals surface area contributed by atoms with Crippen LogP contribution < -0.4 is 10.6 Å². The first-order valence-corrected chi connectivity index (χ1v) is 4.78. The number of hydrogen-bond acceptors (Lipinski definition) is 3. The van der Waals surface area contributed by atoms with Gasteiger partial charge in [-0.3, -0.25) is 10.3 Å². The zero-order chi connectivity index (χ0) is 11.4. The summed E-state index contributed by atoms with van der Waals surface area (Å²) in [5.74, 6) is 0.401. The first-order chi connectivity index (χ1) is 7.74. The number of aryl methyl sites for hydroxylation is 1. The lowest BCUT2D eigenvalue weighted by Gasteiger charge is -2.04. The second-order valence-electron chi connectivity index (χ2n) is 3.24. The minimum atomic E-state index is -0.361. The number of urea groups is 1. The van der Waals surface area contributed by atoms with E-state index < -0.39 is 0 Å². The number of amides is 2. The van der Waals surface area contributed by atoms with Gasteiger partial charge in [-0.05, 0) is 25.1 Å². The number of nitrogens with one attached hydrogen (secondary N) is 2. The Morgan fingerprint density at radius 1 is 1.31 bits per heavy atom. The third-order valence-electron chi connectivity index (χ3n) is 1.93. The maximum Gasteiger partial charge on any atom is 0.326 e. The molecule has 2 aromatic rings. The highest BCUT2D eigenvalue weighted by Crippen LogP contribution is 2.09.